The number of carbonyl (C=O) groups is 1. The molecule has 1 aromatic rings. The molecule has 5 nitrogen and oxygen atoms in total. The fraction of sp³-hybridized carbons (Fsp3) is 0.125. The zero-order valence-electron chi connectivity index (χ0n) is 6.89. The second-order valence-corrected chi connectivity index (χ2v) is 2.58. The highest BCUT2D eigenvalue weighted by molar-refractivity contribution is 5.88. The van der Waals surface area contributed by atoms with E-state index in [1.165, 1.54) is 25.1 Å². The third kappa shape index (κ3) is 1.95. The molecule has 1 rings (SSSR count). The van der Waals surface area contributed by atoms with Gasteiger partial charge in [0.05, 0.1) is 11.7 Å². The van der Waals surface area contributed by atoms with Crippen LogP contribution in [0.2, 0.25) is 0 Å². The summed E-state index contributed by atoms with van der Waals surface area (Å²) in [6.07, 6.45) is 0. The Morgan fingerprint density at radius 1 is 1.46 bits per heavy atom. The highest BCUT2D eigenvalue weighted by Gasteiger charge is 2.03. The minimum atomic E-state index is -1.29. The molecule has 0 saturated carbocycles. The number of carboxylic acid groups (broad SMARTS) is 1. The van der Waals surface area contributed by atoms with Gasteiger partial charge in [-0.1, -0.05) is 6.07 Å². The maximum absolute atomic E-state index is 10.5. The zero-order valence-corrected chi connectivity index (χ0v) is 6.89. The molecule has 1 aromatic carbocycles. The molecular formula is C8H8NO4-. The van der Waals surface area contributed by atoms with Crippen molar-refractivity contribution in [1.29, 1.82) is 0 Å². The van der Waals surface area contributed by atoms with Crippen molar-refractivity contribution >= 4 is 11.7 Å². The van der Waals surface area contributed by atoms with Crippen molar-refractivity contribution in [3.05, 3.63) is 29.3 Å². The van der Waals surface area contributed by atoms with Gasteiger partial charge < -0.3 is 9.90 Å². The molecule has 70 valence electrons. The van der Waals surface area contributed by atoms with Crippen molar-refractivity contribution in [2.24, 2.45) is 0 Å². The average Bonchev–Trinajstić information content (AvgIpc) is 2.03. The van der Waals surface area contributed by atoms with E-state index in [1.54, 1.807) is 0 Å². The zero-order chi connectivity index (χ0) is 10.0. The Hall–Kier alpha value is -1.59. The fourth-order valence-electron chi connectivity index (χ4n) is 1.00. The van der Waals surface area contributed by atoms with Gasteiger partial charge in [-0.25, -0.2) is 0 Å². The van der Waals surface area contributed by atoms with Gasteiger partial charge in [0.1, 0.15) is 0 Å². The minimum Gasteiger partial charge on any atom is -0.545 e. The van der Waals surface area contributed by atoms with Gasteiger partial charge in [-0.05, 0) is 24.6 Å². The summed E-state index contributed by atoms with van der Waals surface area (Å²) in [7, 11) is 0. The first-order valence-electron chi connectivity index (χ1n) is 3.52. The average molecular weight is 182 g/mol. The van der Waals surface area contributed by atoms with Crippen LogP contribution in [-0.4, -0.2) is 16.4 Å². The van der Waals surface area contributed by atoms with Crippen molar-refractivity contribution in [3.63, 3.8) is 0 Å². The summed E-state index contributed by atoms with van der Waals surface area (Å²) in [5.41, 5.74) is 0.540. The maximum atomic E-state index is 10.5. The maximum Gasteiger partial charge on any atom is 0.0945 e. The highest BCUT2D eigenvalue weighted by atomic mass is 16.8. The smallest absolute Gasteiger partial charge is 0.0945 e. The molecule has 0 unspecified atom stereocenters. The number of aromatic carboxylic acids is 1. The van der Waals surface area contributed by atoms with Crippen LogP contribution < -0.4 is 10.3 Å². The SMILES string of the molecule is Cc1cc(N(O)O)ccc1C(=O)[O-]. The summed E-state index contributed by atoms with van der Waals surface area (Å²) in [4.78, 5) is 10.5. The minimum absolute atomic E-state index is 0.0330. The number of nitrogens with zero attached hydrogens (tertiary/aromatic N) is 1. The molecule has 0 spiro atoms. The van der Waals surface area contributed by atoms with Crippen LogP contribution in [0, 0.1) is 6.92 Å². The Bertz CT molecular complexity index is 335. The first-order chi connectivity index (χ1) is 6.02. The predicted molar refractivity (Wildman–Crippen MR) is 41.6 cm³/mol. The van der Waals surface area contributed by atoms with Crippen LogP contribution in [0.3, 0.4) is 0 Å². The molecule has 0 radical (unpaired) electrons. The molecule has 0 aliphatic carbocycles. The van der Waals surface area contributed by atoms with E-state index in [0.29, 0.717) is 5.56 Å². The number of anilines is 1. The van der Waals surface area contributed by atoms with Gasteiger partial charge in [-0.15, -0.1) is 5.23 Å². The number of benzene rings is 1. The molecule has 0 bridgehead atoms. The lowest BCUT2D eigenvalue weighted by Gasteiger charge is -2.11. The van der Waals surface area contributed by atoms with Gasteiger partial charge in [0.25, 0.3) is 0 Å². The van der Waals surface area contributed by atoms with E-state index >= 15 is 0 Å². The van der Waals surface area contributed by atoms with Gasteiger partial charge in [-0.2, -0.15) is 0 Å². The van der Waals surface area contributed by atoms with Gasteiger partial charge in [0.15, 0.2) is 0 Å². The number of aryl methyl sites for hydroxylation is 1. The molecule has 13 heavy (non-hydrogen) atoms. The van der Waals surface area contributed by atoms with E-state index < -0.39 is 5.97 Å². The van der Waals surface area contributed by atoms with Crippen LogP contribution in [0.4, 0.5) is 5.69 Å². The highest BCUT2D eigenvalue weighted by Crippen LogP contribution is 2.16. The van der Waals surface area contributed by atoms with Gasteiger partial charge in [-0.3, -0.25) is 10.4 Å². The van der Waals surface area contributed by atoms with Gasteiger partial charge >= 0.3 is 0 Å². The third-order valence-corrected chi connectivity index (χ3v) is 1.66. The molecule has 0 amide bonds. The second-order valence-electron chi connectivity index (χ2n) is 2.58. The lowest BCUT2D eigenvalue weighted by Crippen LogP contribution is -2.23. The summed E-state index contributed by atoms with van der Waals surface area (Å²) in [6.45, 7) is 1.54. The summed E-state index contributed by atoms with van der Waals surface area (Å²) in [5, 5.41) is 27.6. The van der Waals surface area contributed by atoms with E-state index in [-0.39, 0.29) is 16.5 Å². The van der Waals surface area contributed by atoms with Crippen molar-refractivity contribution in [2.45, 2.75) is 6.92 Å². The Labute approximate surface area is 74.4 Å². The number of carbonyl (C=O) groups excluding carboxylic acids is 1. The third-order valence-electron chi connectivity index (χ3n) is 1.66. The summed E-state index contributed by atoms with van der Waals surface area (Å²) in [6, 6.07) is 3.84. The van der Waals surface area contributed by atoms with E-state index in [0.717, 1.165) is 0 Å². The molecule has 2 N–H and O–H groups in total. The summed E-state index contributed by atoms with van der Waals surface area (Å²) >= 11 is 0. The topological polar surface area (TPSA) is 83.8 Å². The van der Waals surface area contributed by atoms with Crippen molar-refractivity contribution in [3.8, 4) is 0 Å². The van der Waals surface area contributed by atoms with Crippen LogP contribution in [0.1, 0.15) is 15.9 Å². The first-order valence-corrected chi connectivity index (χ1v) is 3.52. The van der Waals surface area contributed by atoms with Gasteiger partial charge in [0.2, 0.25) is 0 Å². The predicted octanol–water partition coefficient (Wildman–Crippen LogP) is -0.0567. The molecule has 0 aliphatic rings. The second kappa shape index (κ2) is 3.42. The Morgan fingerprint density at radius 3 is 2.46 bits per heavy atom. The molecular weight excluding hydrogens is 174 g/mol. The van der Waals surface area contributed by atoms with E-state index in [1.807, 2.05) is 0 Å². The van der Waals surface area contributed by atoms with Crippen LogP contribution in [0.25, 0.3) is 0 Å². The lowest BCUT2D eigenvalue weighted by molar-refractivity contribution is -0.255. The summed E-state index contributed by atoms with van der Waals surface area (Å²) < 4.78 is 0. The lowest BCUT2D eigenvalue weighted by atomic mass is 10.1. The van der Waals surface area contributed by atoms with Crippen LogP contribution >= 0.6 is 0 Å². The number of hydrogen-bond acceptors (Lipinski definition) is 5. The number of hydrogen-bond donors (Lipinski definition) is 2. The van der Waals surface area contributed by atoms with Crippen molar-refractivity contribution in [2.75, 3.05) is 5.23 Å². The standard InChI is InChI=1S/C8H9NO4/c1-5-4-6(9(12)13)2-3-7(5)8(10)11/h2-4,12-13H,1H3,(H,10,11)/p-1. The largest absolute Gasteiger partial charge is 0.545 e. The molecule has 0 atom stereocenters. The fourth-order valence-corrected chi connectivity index (χ4v) is 1.00. The Kier molecular flexibility index (Phi) is 2.50. The molecule has 0 aliphatic heterocycles. The van der Waals surface area contributed by atoms with Crippen LogP contribution in [0.5, 0.6) is 0 Å². The summed E-state index contributed by atoms with van der Waals surface area (Å²) in [5.74, 6) is -1.29. The molecule has 0 saturated heterocycles. The monoisotopic (exact) mass is 182 g/mol. The molecule has 0 aromatic heterocycles. The number of rotatable bonds is 2. The van der Waals surface area contributed by atoms with E-state index in [2.05, 4.69) is 0 Å². The van der Waals surface area contributed by atoms with Crippen LogP contribution in [-0.2, 0) is 0 Å². The Morgan fingerprint density at radius 2 is 2.08 bits per heavy atom. The Balaban J connectivity index is 3.13. The van der Waals surface area contributed by atoms with Gasteiger partial charge in [0, 0.05) is 5.56 Å². The van der Waals surface area contributed by atoms with Crippen molar-refractivity contribution in [1.82, 2.24) is 0 Å². The number of carboxylic acids is 1. The normalized spacial score (nSPS) is 9.77. The molecule has 5 heteroatoms. The molecule has 0 fully saturated rings. The quantitative estimate of drug-likeness (QED) is 0.626. The van der Waals surface area contributed by atoms with Crippen LogP contribution in [0.15, 0.2) is 18.2 Å². The van der Waals surface area contributed by atoms with Crippen molar-refractivity contribution < 1.29 is 20.3 Å². The first kappa shape index (κ1) is 9.50. The molecule has 0 heterocycles. The van der Waals surface area contributed by atoms with E-state index in [9.17, 15) is 9.90 Å². The van der Waals surface area contributed by atoms with E-state index in [4.69, 9.17) is 10.4 Å².